The Hall–Kier alpha value is -3.88. The number of benzene rings is 2. The standard InChI is InChI=1S/C32H45N3O6/c1-10-35(26(36)20-33-30(39)41-32(7,8)9)27(24-17-21(2)16-22(3)18-24)28(37)34-25(29(38)40-31(4,5)6)19-23-14-12-11-13-15-23/h11-18,25,27H,10,19-20H2,1-9H3,(H,33,39)(H,34,37). The van der Waals surface area contributed by atoms with Gasteiger partial charge in [0.2, 0.25) is 11.8 Å². The van der Waals surface area contributed by atoms with E-state index in [1.165, 1.54) is 4.90 Å². The molecule has 0 aliphatic carbocycles. The highest BCUT2D eigenvalue weighted by Crippen LogP contribution is 2.25. The van der Waals surface area contributed by atoms with E-state index in [0.717, 1.165) is 16.7 Å². The molecule has 2 aromatic carbocycles. The van der Waals surface area contributed by atoms with Crippen molar-refractivity contribution in [3.8, 4) is 0 Å². The van der Waals surface area contributed by atoms with E-state index in [1.54, 1.807) is 48.5 Å². The van der Waals surface area contributed by atoms with Crippen LogP contribution in [0.3, 0.4) is 0 Å². The van der Waals surface area contributed by atoms with Gasteiger partial charge in [0.1, 0.15) is 29.8 Å². The highest BCUT2D eigenvalue weighted by Gasteiger charge is 2.35. The minimum atomic E-state index is -1.06. The van der Waals surface area contributed by atoms with E-state index >= 15 is 0 Å². The number of esters is 1. The molecule has 41 heavy (non-hydrogen) atoms. The molecule has 2 unspecified atom stereocenters. The summed E-state index contributed by atoms with van der Waals surface area (Å²) in [5.74, 6) is -1.58. The summed E-state index contributed by atoms with van der Waals surface area (Å²) in [7, 11) is 0. The summed E-state index contributed by atoms with van der Waals surface area (Å²) < 4.78 is 10.9. The van der Waals surface area contributed by atoms with Crippen LogP contribution >= 0.6 is 0 Å². The van der Waals surface area contributed by atoms with Crippen molar-refractivity contribution in [2.24, 2.45) is 0 Å². The number of carbonyl (C=O) groups excluding carboxylic acids is 4. The van der Waals surface area contributed by atoms with E-state index in [-0.39, 0.29) is 19.5 Å². The van der Waals surface area contributed by atoms with E-state index in [0.29, 0.717) is 5.56 Å². The van der Waals surface area contributed by atoms with Crippen molar-refractivity contribution in [3.05, 3.63) is 70.8 Å². The van der Waals surface area contributed by atoms with Gasteiger partial charge in [0.15, 0.2) is 0 Å². The molecule has 2 atom stereocenters. The summed E-state index contributed by atoms with van der Waals surface area (Å²) in [6.07, 6.45) is -0.524. The van der Waals surface area contributed by atoms with Gasteiger partial charge >= 0.3 is 12.1 Å². The van der Waals surface area contributed by atoms with Crippen molar-refractivity contribution in [2.45, 2.75) is 92.0 Å². The Morgan fingerprint density at radius 1 is 0.854 bits per heavy atom. The Kier molecular flexibility index (Phi) is 11.5. The summed E-state index contributed by atoms with van der Waals surface area (Å²) in [5, 5.41) is 5.35. The first-order chi connectivity index (χ1) is 19.0. The van der Waals surface area contributed by atoms with Crippen molar-refractivity contribution < 1.29 is 28.7 Å². The average molecular weight is 568 g/mol. The Morgan fingerprint density at radius 2 is 1.41 bits per heavy atom. The maximum absolute atomic E-state index is 14.0. The number of hydrogen-bond acceptors (Lipinski definition) is 6. The van der Waals surface area contributed by atoms with Crippen LogP contribution in [0, 0.1) is 13.8 Å². The minimum absolute atomic E-state index is 0.176. The Labute approximate surface area is 244 Å². The fourth-order valence-electron chi connectivity index (χ4n) is 4.37. The highest BCUT2D eigenvalue weighted by molar-refractivity contribution is 5.93. The molecule has 0 aliphatic rings. The van der Waals surface area contributed by atoms with Crippen LogP contribution in [-0.4, -0.2) is 59.1 Å². The number of likely N-dealkylation sites (N-methyl/N-ethyl adjacent to an activating group) is 1. The van der Waals surface area contributed by atoms with Gasteiger partial charge in [0.25, 0.3) is 0 Å². The number of alkyl carbamates (subject to hydrolysis) is 1. The normalized spacial score (nSPS) is 13.0. The Bertz CT molecular complexity index is 1190. The van der Waals surface area contributed by atoms with Gasteiger partial charge in [-0.25, -0.2) is 9.59 Å². The molecule has 0 saturated carbocycles. The molecule has 0 saturated heterocycles. The molecule has 2 N–H and O–H groups in total. The number of amides is 3. The van der Waals surface area contributed by atoms with Crippen LogP contribution in [0.1, 0.15) is 76.8 Å². The lowest BCUT2D eigenvalue weighted by molar-refractivity contribution is -0.159. The predicted octanol–water partition coefficient (Wildman–Crippen LogP) is 4.79. The second-order valence-electron chi connectivity index (χ2n) is 12.1. The number of aryl methyl sites for hydroxylation is 2. The zero-order valence-corrected chi connectivity index (χ0v) is 25.8. The summed E-state index contributed by atoms with van der Waals surface area (Å²) in [6, 6.07) is 12.9. The molecule has 0 bridgehead atoms. The molecule has 0 heterocycles. The molecule has 224 valence electrons. The minimum Gasteiger partial charge on any atom is -0.458 e. The number of hydrogen-bond donors (Lipinski definition) is 2. The smallest absolute Gasteiger partial charge is 0.408 e. The Balaban J connectivity index is 2.43. The van der Waals surface area contributed by atoms with E-state index in [4.69, 9.17) is 9.47 Å². The van der Waals surface area contributed by atoms with Gasteiger partial charge < -0.3 is 25.0 Å². The van der Waals surface area contributed by atoms with E-state index in [9.17, 15) is 19.2 Å². The zero-order valence-electron chi connectivity index (χ0n) is 25.8. The second-order valence-corrected chi connectivity index (χ2v) is 12.1. The maximum atomic E-state index is 14.0. The zero-order chi connectivity index (χ0) is 31.0. The van der Waals surface area contributed by atoms with Gasteiger partial charge in [-0.2, -0.15) is 0 Å². The first-order valence-electron chi connectivity index (χ1n) is 13.9. The molecule has 9 nitrogen and oxygen atoms in total. The van der Waals surface area contributed by atoms with E-state index in [2.05, 4.69) is 10.6 Å². The summed E-state index contributed by atoms with van der Waals surface area (Å²) in [4.78, 5) is 54.3. The van der Waals surface area contributed by atoms with Gasteiger partial charge in [-0.15, -0.1) is 0 Å². The van der Waals surface area contributed by atoms with Gasteiger partial charge in [-0.05, 0) is 73.4 Å². The van der Waals surface area contributed by atoms with Crippen LogP contribution in [0.25, 0.3) is 0 Å². The molecule has 3 amide bonds. The molecule has 9 heteroatoms. The molecule has 0 aromatic heterocycles. The number of rotatable bonds is 10. The highest BCUT2D eigenvalue weighted by atomic mass is 16.6. The lowest BCUT2D eigenvalue weighted by Crippen LogP contribution is -2.52. The van der Waals surface area contributed by atoms with Gasteiger partial charge in [-0.1, -0.05) is 59.7 Å². The number of carbonyl (C=O) groups is 4. The second kappa shape index (κ2) is 14.1. The lowest BCUT2D eigenvalue weighted by atomic mass is 9.98. The predicted molar refractivity (Wildman–Crippen MR) is 158 cm³/mol. The molecular weight excluding hydrogens is 522 g/mol. The monoisotopic (exact) mass is 567 g/mol. The maximum Gasteiger partial charge on any atom is 0.408 e. The first-order valence-corrected chi connectivity index (χ1v) is 13.9. The number of nitrogens with zero attached hydrogens (tertiary/aromatic N) is 1. The molecule has 0 aliphatic heterocycles. The van der Waals surface area contributed by atoms with Gasteiger partial charge in [-0.3, -0.25) is 9.59 Å². The molecule has 0 radical (unpaired) electrons. The Morgan fingerprint density at radius 3 is 1.93 bits per heavy atom. The SMILES string of the molecule is CCN(C(=O)CNC(=O)OC(C)(C)C)C(C(=O)NC(Cc1ccccc1)C(=O)OC(C)(C)C)c1cc(C)cc(C)c1. The molecule has 0 spiro atoms. The lowest BCUT2D eigenvalue weighted by Gasteiger charge is -2.32. The molecular formula is C32H45N3O6. The number of ether oxygens (including phenoxy) is 2. The van der Waals surface area contributed by atoms with Gasteiger partial charge in [0, 0.05) is 13.0 Å². The van der Waals surface area contributed by atoms with Crippen LogP contribution in [0.4, 0.5) is 4.79 Å². The number of nitrogens with one attached hydrogen (secondary N) is 2. The van der Waals surface area contributed by atoms with E-state index in [1.807, 2.05) is 62.4 Å². The molecule has 2 rings (SSSR count). The summed E-state index contributed by atoms with van der Waals surface area (Å²) >= 11 is 0. The van der Waals surface area contributed by atoms with Crippen LogP contribution in [0.5, 0.6) is 0 Å². The summed E-state index contributed by atoms with van der Waals surface area (Å²) in [6.45, 7) is 15.9. The molecule has 2 aromatic rings. The molecule has 0 fully saturated rings. The van der Waals surface area contributed by atoms with Crippen LogP contribution in [-0.2, 0) is 30.3 Å². The quantitative estimate of drug-likeness (QED) is 0.399. The van der Waals surface area contributed by atoms with Crippen LogP contribution < -0.4 is 10.6 Å². The summed E-state index contributed by atoms with van der Waals surface area (Å²) in [5.41, 5.74) is 1.78. The van der Waals surface area contributed by atoms with Gasteiger partial charge in [0.05, 0.1) is 0 Å². The van der Waals surface area contributed by atoms with Crippen LogP contribution in [0.15, 0.2) is 48.5 Å². The first kappa shape index (κ1) is 33.3. The van der Waals surface area contributed by atoms with Crippen LogP contribution in [0.2, 0.25) is 0 Å². The fraction of sp³-hybridized carbons (Fsp3) is 0.500. The van der Waals surface area contributed by atoms with E-state index < -0.39 is 47.2 Å². The average Bonchev–Trinajstić information content (AvgIpc) is 2.83. The van der Waals surface area contributed by atoms with Crippen molar-refractivity contribution in [1.29, 1.82) is 0 Å². The van der Waals surface area contributed by atoms with Crippen molar-refractivity contribution in [1.82, 2.24) is 15.5 Å². The fourth-order valence-corrected chi connectivity index (χ4v) is 4.37. The third kappa shape index (κ3) is 11.3. The third-order valence-electron chi connectivity index (χ3n) is 5.85. The van der Waals surface area contributed by atoms with Crippen molar-refractivity contribution in [3.63, 3.8) is 0 Å². The van der Waals surface area contributed by atoms with Crippen molar-refractivity contribution >= 4 is 23.9 Å². The topological polar surface area (TPSA) is 114 Å². The largest absolute Gasteiger partial charge is 0.458 e. The van der Waals surface area contributed by atoms with Crippen molar-refractivity contribution in [2.75, 3.05) is 13.1 Å². The third-order valence-corrected chi connectivity index (χ3v) is 5.85.